The monoisotopic (exact) mass is 442 g/mol. The maximum absolute atomic E-state index is 11.6. The minimum Gasteiger partial charge on any atom is -0.357 e. The van der Waals surface area contributed by atoms with Crippen molar-refractivity contribution in [2.75, 3.05) is 50.8 Å². The van der Waals surface area contributed by atoms with Gasteiger partial charge in [0.25, 0.3) is 0 Å². The fourth-order valence-corrected chi connectivity index (χ4v) is 5.13. The molecule has 2 aromatic carbocycles. The van der Waals surface area contributed by atoms with Crippen molar-refractivity contribution < 1.29 is 8.42 Å². The van der Waals surface area contributed by atoms with Crippen molar-refractivity contribution in [3.05, 3.63) is 71.8 Å². The summed E-state index contributed by atoms with van der Waals surface area (Å²) in [5.41, 5.74) is 2.61. The van der Waals surface area contributed by atoms with E-state index in [2.05, 4.69) is 83.1 Å². The summed E-state index contributed by atoms with van der Waals surface area (Å²) in [5, 5.41) is 6.70. The van der Waals surface area contributed by atoms with Crippen LogP contribution < -0.4 is 10.6 Å². The molecular weight excluding hydrogens is 408 g/mol. The molecule has 168 valence electrons. The Hall–Kier alpha value is -2.38. The van der Waals surface area contributed by atoms with Gasteiger partial charge in [-0.15, -0.1) is 0 Å². The lowest BCUT2D eigenvalue weighted by Gasteiger charge is -2.26. The van der Waals surface area contributed by atoms with Gasteiger partial charge in [0.15, 0.2) is 15.8 Å². The van der Waals surface area contributed by atoms with E-state index in [1.165, 1.54) is 11.1 Å². The zero-order valence-electron chi connectivity index (χ0n) is 18.3. The molecule has 0 amide bonds. The first-order chi connectivity index (χ1) is 15.1. The molecule has 0 radical (unpaired) electrons. The largest absolute Gasteiger partial charge is 0.357 e. The van der Waals surface area contributed by atoms with Gasteiger partial charge in [-0.3, -0.25) is 9.89 Å². The van der Waals surface area contributed by atoms with E-state index in [1.54, 1.807) is 0 Å². The van der Waals surface area contributed by atoms with Crippen molar-refractivity contribution in [2.24, 2.45) is 4.99 Å². The lowest BCUT2D eigenvalue weighted by Crippen LogP contribution is -2.46. The molecule has 6 nitrogen and oxygen atoms in total. The number of hydrogen-bond donors (Lipinski definition) is 2. The van der Waals surface area contributed by atoms with Crippen LogP contribution >= 0.6 is 0 Å². The fourth-order valence-electron chi connectivity index (χ4n) is 3.85. The summed E-state index contributed by atoms with van der Waals surface area (Å²) < 4.78 is 23.1. The van der Waals surface area contributed by atoms with Crippen LogP contribution in [0.4, 0.5) is 0 Å². The molecular formula is C24H34N4O2S. The third-order valence-corrected chi connectivity index (χ3v) is 7.20. The molecule has 0 spiro atoms. The summed E-state index contributed by atoms with van der Waals surface area (Å²) in [6.07, 6.45) is 0.925. The number of guanidine groups is 1. The van der Waals surface area contributed by atoms with Crippen molar-refractivity contribution in [1.29, 1.82) is 0 Å². The molecule has 0 unspecified atom stereocenters. The first-order valence-corrected chi connectivity index (χ1v) is 12.9. The molecule has 1 saturated heterocycles. The third kappa shape index (κ3) is 7.67. The second kappa shape index (κ2) is 11.9. The number of nitrogens with zero attached hydrogens (tertiary/aromatic N) is 2. The van der Waals surface area contributed by atoms with Crippen molar-refractivity contribution in [2.45, 2.75) is 19.3 Å². The molecule has 0 aromatic heterocycles. The number of aliphatic imine (C=N–C) groups is 1. The average molecular weight is 443 g/mol. The van der Waals surface area contributed by atoms with Crippen LogP contribution in [-0.4, -0.2) is 70.1 Å². The van der Waals surface area contributed by atoms with Gasteiger partial charge in [-0.25, -0.2) is 8.42 Å². The molecule has 0 bridgehead atoms. The molecule has 7 heteroatoms. The predicted molar refractivity (Wildman–Crippen MR) is 128 cm³/mol. The zero-order valence-corrected chi connectivity index (χ0v) is 19.2. The van der Waals surface area contributed by atoms with Crippen LogP contribution in [0.2, 0.25) is 0 Å². The van der Waals surface area contributed by atoms with Gasteiger partial charge in [0.05, 0.1) is 11.5 Å². The highest BCUT2D eigenvalue weighted by Gasteiger charge is 2.21. The molecule has 2 aromatic rings. The van der Waals surface area contributed by atoms with Gasteiger partial charge in [0.1, 0.15) is 0 Å². The molecule has 3 rings (SSSR count). The van der Waals surface area contributed by atoms with Gasteiger partial charge in [-0.05, 0) is 24.5 Å². The summed E-state index contributed by atoms with van der Waals surface area (Å²) in [4.78, 5) is 6.98. The Morgan fingerprint density at radius 2 is 1.55 bits per heavy atom. The van der Waals surface area contributed by atoms with Crippen LogP contribution in [0.25, 0.3) is 0 Å². The fraction of sp³-hybridized carbons (Fsp3) is 0.458. The summed E-state index contributed by atoms with van der Waals surface area (Å²) >= 11 is 0. The zero-order chi connectivity index (χ0) is 21.9. The number of nitrogens with one attached hydrogen (secondary N) is 2. The molecule has 1 aliphatic heterocycles. The van der Waals surface area contributed by atoms with Gasteiger partial charge in [-0.1, -0.05) is 60.7 Å². The molecule has 0 saturated carbocycles. The Morgan fingerprint density at radius 1 is 0.968 bits per heavy atom. The topological polar surface area (TPSA) is 73.8 Å². The second-order valence-electron chi connectivity index (χ2n) is 7.84. The van der Waals surface area contributed by atoms with E-state index in [-0.39, 0.29) is 11.5 Å². The molecule has 1 aliphatic rings. The Morgan fingerprint density at radius 3 is 2.10 bits per heavy atom. The van der Waals surface area contributed by atoms with Crippen molar-refractivity contribution in [3.8, 4) is 0 Å². The lowest BCUT2D eigenvalue weighted by molar-refractivity contribution is 0.299. The van der Waals surface area contributed by atoms with E-state index in [0.717, 1.165) is 32.0 Å². The summed E-state index contributed by atoms with van der Waals surface area (Å²) in [5.74, 6) is 1.65. The highest BCUT2D eigenvalue weighted by Crippen LogP contribution is 2.27. The number of rotatable bonds is 9. The van der Waals surface area contributed by atoms with Crippen molar-refractivity contribution in [1.82, 2.24) is 15.5 Å². The Bertz CT molecular complexity index is 864. The van der Waals surface area contributed by atoms with Crippen molar-refractivity contribution in [3.63, 3.8) is 0 Å². The predicted octanol–water partition coefficient (Wildman–Crippen LogP) is 2.49. The first kappa shape index (κ1) is 23.3. The van der Waals surface area contributed by atoms with E-state index in [1.807, 2.05) is 0 Å². The van der Waals surface area contributed by atoms with Crippen LogP contribution in [0.5, 0.6) is 0 Å². The molecule has 2 N–H and O–H groups in total. The highest BCUT2D eigenvalue weighted by molar-refractivity contribution is 7.91. The smallest absolute Gasteiger partial charge is 0.191 e. The van der Waals surface area contributed by atoms with Crippen LogP contribution in [0.1, 0.15) is 30.4 Å². The van der Waals surface area contributed by atoms with Gasteiger partial charge in [0, 0.05) is 45.2 Å². The van der Waals surface area contributed by atoms with Gasteiger partial charge >= 0.3 is 0 Å². The maximum Gasteiger partial charge on any atom is 0.191 e. The minimum absolute atomic E-state index is 0.265. The van der Waals surface area contributed by atoms with Gasteiger partial charge < -0.3 is 10.6 Å². The number of sulfone groups is 1. The van der Waals surface area contributed by atoms with Crippen LogP contribution in [0.3, 0.4) is 0 Å². The molecule has 0 aliphatic carbocycles. The second-order valence-corrected chi connectivity index (χ2v) is 10.1. The highest BCUT2D eigenvalue weighted by atomic mass is 32.2. The van der Waals surface area contributed by atoms with E-state index >= 15 is 0 Å². The average Bonchev–Trinajstić information content (AvgIpc) is 2.79. The van der Waals surface area contributed by atoms with Crippen LogP contribution in [-0.2, 0) is 9.84 Å². The van der Waals surface area contributed by atoms with Crippen molar-refractivity contribution >= 4 is 15.8 Å². The van der Waals surface area contributed by atoms with Crippen LogP contribution in [0.15, 0.2) is 65.7 Å². The van der Waals surface area contributed by atoms with E-state index in [0.29, 0.717) is 25.6 Å². The summed E-state index contributed by atoms with van der Waals surface area (Å²) in [6.45, 7) is 6.37. The number of benzene rings is 2. The standard InChI is InChI=1S/C24H34N4O2S/c1-2-25-24(27-15-16-28-17-19-31(29,30)20-18-28)26-14-13-23(21-9-5-3-6-10-21)22-11-7-4-8-12-22/h3-12,23H,2,13-20H2,1H3,(H2,25,26,27). The Kier molecular flexibility index (Phi) is 8.91. The SMILES string of the molecule is CCNC(=NCCC(c1ccccc1)c1ccccc1)NCCN1CCS(=O)(=O)CC1. The lowest BCUT2D eigenvalue weighted by atomic mass is 9.89. The van der Waals surface area contributed by atoms with Gasteiger partial charge in [0.2, 0.25) is 0 Å². The first-order valence-electron chi connectivity index (χ1n) is 11.1. The Labute approximate surface area is 186 Å². The van der Waals surface area contributed by atoms with E-state index in [4.69, 9.17) is 4.99 Å². The maximum atomic E-state index is 11.6. The third-order valence-electron chi connectivity index (χ3n) is 5.59. The molecule has 1 heterocycles. The summed E-state index contributed by atoms with van der Waals surface area (Å²) in [7, 11) is -2.83. The van der Waals surface area contributed by atoms with Crippen LogP contribution in [0, 0.1) is 0 Å². The normalized spacial score (nSPS) is 16.9. The Balaban J connectivity index is 1.54. The number of hydrogen-bond acceptors (Lipinski definition) is 4. The van der Waals surface area contributed by atoms with Gasteiger partial charge in [-0.2, -0.15) is 0 Å². The molecule has 1 fully saturated rings. The van der Waals surface area contributed by atoms with E-state index in [9.17, 15) is 8.42 Å². The van der Waals surface area contributed by atoms with E-state index < -0.39 is 9.84 Å². The molecule has 0 atom stereocenters. The molecule has 31 heavy (non-hydrogen) atoms. The summed E-state index contributed by atoms with van der Waals surface area (Å²) in [6, 6.07) is 21.2. The minimum atomic E-state index is -2.83. The quantitative estimate of drug-likeness (QED) is 0.461.